The van der Waals surface area contributed by atoms with Crippen LogP contribution in [0.15, 0.2) is 17.5 Å². The molecule has 1 aromatic heterocycles. The van der Waals surface area contributed by atoms with E-state index in [1.54, 1.807) is 0 Å². The number of rotatable bonds is 7. The molecule has 0 aromatic carbocycles. The van der Waals surface area contributed by atoms with Gasteiger partial charge < -0.3 is 5.32 Å². The summed E-state index contributed by atoms with van der Waals surface area (Å²) < 4.78 is 0. The lowest BCUT2D eigenvalue weighted by Crippen LogP contribution is -2.32. The smallest absolute Gasteiger partial charge is 0.00454 e. The van der Waals surface area contributed by atoms with Crippen LogP contribution in [0.4, 0.5) is 0 Å². The van der Waals surface area contributed by atoms with Crippen molar-refractivity contribution >= 4 is 11.3 Å². The first-order valence-corrected chi connectivity index (χ1v) is 6.81. The average molecular weight is 225 g/mol. The standard InChI is InChI=1S/C13H23NS/c1-4-13(5-2,11-14-3)9-8-12-7-6-10-15-12/h6-7,10,14H,4-5,8-9,11H2,1-3H3. The van der Waals surface area contributed by atoms with E-state index in [0.29, 0.717) is 5.41 Å². The Bertz CT molecular complexity index is 250. The quantitative estimate of drug-likeness (QED) is 0.746. The summed E-state index contributed by atoms with van der Waals surface area (Å²) in [5.74, 6) is 0. The summed E-state index contributed by atoms with van der Waals surface area (Å²) in [6.45, 7) is 5.77. The molecule has 1 aromatic rings. The summed E-state index contributed by atoms with van der Waals surface area (Å²) in [5, 5.41) is 5.52. The van der Waals surface area contributed by atoms with E-state index in [2.05, 4.69) is 43.7 Å². The second-order valence-electron chi connectivity index (χ2n) is 4.32. The number of nitrogens with one attached hydrogen (secondary N) is 1. The lowest BCUT2D eigenvalue weighted by atomic mass is 9.78. The maximum absolute atomic E-state index is 3.34. The molecule has 0 aliphatic carbocycles. The van der Waals surface area contributed by atoms with Crippen molar-refractivity contribution in [2.45, 2.75) is 39.5 Å². The summed E-state index contributed by atoms with van der Waals surface area (Å²) in [5.41, 5.74) is 0.499. The lowest BCUT2D eigenvalue weighted by Gasteiger charge is -2.31. The molecule has 0 saturated heterocycles. The zero-order valence-corrected chi connectivity index (χ0v) is 11.0. The van der Waals surface area contributed by atoms with E-state index < -0.39 is 0 Å². The molecule has 0 bridgehead atoms. The van der Waals surface area contributed by atoms with Crippen LogP contribution in [-0.2, 0) is 6.42 Å². The zero-order chi connectivity index (χ0) is 11.1. The Labute approximate surface area is 97.9 Å². The predicted molar refractivity (Wildman–Crippen MR) is 69.6 cm³/mol. The van der Waals surface area contributed by atoms with E-state index in [4.69, 9.17) is 0 Å². The molecule has 1 rings (SSSR count). The van der Waals surface area contributed by atoms with Crippen LogP contribution >= 0.6 is 11.3 Å². The van der Waals surface area contributed by atoms with Gasteiger partial charge in [-0.1, -0.05) is 19.9 Å². The van der Waals surface area contributed by atoms with E-state index in [1.165, 1.54) is 30.6 Å². The predicted octanol–water partition coefficient (Wildman–Crippen LogP) is 3.71. The Kier molecular flexibility index (Phi) is 5.34. The SMILES string of the molecule is CCC(CC)(CCc1cccs1)CNC. The summed E-state index contributed by atoms with van der Waals surface area (Å²) in [4.78, 5) is 1.53. The van der Waals surface area contributed by atoms with Gasteiger partial charge in [0.1, 0.15) is 0 Å². The molecule has 0 radical (unpaired) electrons. The zero-order valence-electron chi connectivity index (χ0n) is 10.2. The van der Waals surface area contributed by atoms with Crippen molar-refractivity contribution in [3.05, 3.63) is 22.4 Å². The maximum atomic E-state index is 3.34. The molecule has 0 unspecified atom stereocenters. The van der Waals surface area contributed by atoms with Crippen molar-refractivity contribution < 1.29 is 0 Å². The van der Waals surface area contributed by atoms with Crippen molar-refractivity contribution in [1.82, 2.24) is 5.32 Å². The van der Waals surface area contributed by atoms with Crippen LogP contribution in [0.25, 0.3) is 0 Å². The van der Waals surface area contributed by atoms with Crippen LogP contribution in [0, 0.1) is 5.41 Å². The summed E-state index contributed by atoms with van der Waals surface area (Å²) in [6.07, 6.45) is 5.09. The Morgan fingerprint density at radius 3 is 2.53 bits per heavy atom. The monoisotopic (exact) mass is 225 g/mol. The molecule has 1 nitrogen and oxygen atoms in total. The molecule has 0 aliphatic rings. The summed E-state index contributed by atoms with van der Waals surface area (Å²) in [6, 6.07) is 4.40. The molecule has 0 atom stereocenters. The van der Waals surface area contributed by atoms with Crippen LogP contribution in [0.3, 0.4) is 0 Å². The highest BCUT2D eigenvalue weighted by molar-refractivity contribution is 7.09. The van der Waals surface area contributed by atoms with Gasteiger partial charge in [-0.3, -0.25) is 0 Å². The van der Waals surface area contributed by atoms with E-state index in [9.17, 15) is 0 Å². The number of hydrogen-bond donors (Lipinski definition) is 1. The van der Waals surface area contributed by atoms with Crippen LogP contribution < -0.4 is 5.32 Å². The van der Waals surface area contributed by atoms with Gasteiger partial charge in [0.25, 0.3) is 0 Å². The third kappa shape index (κ3) is 3.62. The first-order chi connectivity index (χ1) is 7.26. The second kappa shape index (κ2) is 6.29. The van der Waals surface area contributed by atoms with Gasteiger partial charge in [0.15, 0.2) is 0 Å². The molecule has 2 heteroatoms. The van der Waals surface area contributed by atoms with Crippen molar-refractivity contribution in [1.29, 1.82) is 0 Å². The molecule has 0 fully saturated rings. The second-order valence-corrected chi connectivity index (χ2v) is 5.35. The van der Waals surface area contributed by atoms with Gasteiger partial charge in [0.05, 0.1) is 0 Å². The molecule has 0 saturated carbocycles. The summed E-state index contributed by atoms with van der Waals surface area (Å²) in [7, 11) is 2.06. The molecule has 86 valence electrons. The minimum atomic E-state index is 0.499. The van der Waals surface area contributed by atoms with Crippen LogP contribution in [0.5, 0.6) is 0 Å². The maximum Gasteiger partial charge on any atom is 0.00454 e. The summed E-state index contributed by atoms with van der Waals surface area (Å²) >= 11 is 1.88. The highest BCUT2D eigenvalue weighted by atomic mass is 32.1. The van der Waals surface area contributed by atoms with Crippen LogP contribution in [-0.4, -0.2) is 13.6 Å². The Morgan fingerprint density at radius 2 is 2.07 bits per heavy atom. The van der Waals surface area contributed by atoms with Gasteiger partial charge >= 0.3 is 0 Å². The van der Waals surface area contributed by atoms with Crippen LogP contribution in [0.1, 0.15) is 38.0 Å². The van der Waals surface area contributed by atoms with Crippen molar-refractivity contribution in [3.63, 3.8) is 0 Å². The van der Waals surface area contributed by atoms with E-state index in [0.717, 1.165) is 6.54 Å². The topological polar surface area (TPSA) is 12.0 Å². The van der Waals surface area contributed by atoms with Crippen molar-refractivity contribution in [2.75, 3.05) is 13.6 Å². The van der Waals surface area contributed by atoms with Gasteiger partial charge in [-0.25, -0.2) is 0 Å². The average Bonchev–Trinajstić information content (AvgIpc) is 2.77. The van der Waals surface area contributed by atoms with Gasteiger partial charge in [-0.05, 0) is 49.6 Å². The van der Waals surface area contributed by atoms with E-state index in [-0.39, 0.29) is 0 Å². The Morgan fingerprint density at radius 1 is 1.33 bits per heavy atom. The first-order valence-electron chi connectivity index (χ1n) is 5.93. The van der Waals surface area contributed by atoms with Crippen molar-refractivity contribution in [2.24, 2.45) is 5.41 Å². The molecule has 15 heavy (non-hydrogen) atoms. The molecule has 0 amide bonds. The van der Waals surface area contributed by atoms with Crippen LogP contribution in [0.2, 0.25) is 0 Å². The minimum Gasteiger partial charge on any atom is -0.319 e. The normalized spacial score (nSPS) is 11.9. The fourth-order valence-corrected chi connectivity index (χ4v) is 2.87. The molecule has 1 heterocycles. The minimum absolute atomic E-state index is 0.499. The third-order valence-electron chi connectivity index (χ3n) is 3.53. The van der Waals surface area contributed by atoms with E-state index >= 15 is 0 Å². The molecular weight excluding hydrogens is 202 g/mol. The van der Waals surface area contributed by atoms with E-state index in [1.807, 2.05) is 11.3 Å². The molecule has 0 spiro atoms. The highest BCUT2D eigenvalue weighted by Crippen LogP contribution is 2.31. The molecule has 0 aliphatic heterocycles. The first kappa shape index (κ1) is 12.7. The molecular formula is C13H23NS. The fourth-order valence-electron chi connectivity index (χ4n) is 2.16. The largest absolute Gasteiger partial charge is 0.319 e. The number of hydrogen-bond acceptors (Lipinski definition) is 2. The third-order valence-corrected chi connectivity index (χ3v) is 4.47. The van der Waals surface area contributed by atoms with Gasteiger partial charge in [0.2, 0.25) is 0 Å². The Balaban J connectivity index is 2.50. The fraction of sp³-hybridized carbons (Fsp3) is 0.692. The highest BCUT2D eigenvalue weighted by Gasteiger charge is 2.24. The molecule has 1 N–H and O–H groups in total. The van der Waals surface area contributed by atoms with Gasteiger partial charge in [-0.2, -0.15) is 0 Å². The van der Waals surface area contributed by atoms with Gasteiger partial charge in [-0.15, -0.1) is 11.3 Å². The van der Waals surface area contributed by atoms with Gasteiger partial charge in [0, 0.05) is 11.4 Å². The number of aryl methyl sites for hydroxylation is 1. The van der Waals surface area contributed by atoms with Crippen molar-refractivity contribution in [3.8, 4) is 0 Å². The lowest BCUT2D eigenvalue weighted by molar-refractivity contribution is 0.234. The number of thiophene rings is 1. The Hall–Kier alpha value is -0.340.